The number of nitrogens with zero attached hydrogens (tertiary/aromatic N) is 1. The summed E-state index contributed by atoms with van der Waals surface area (Å²) in [6.45, 7) is 5.34. The summed E-state index contributed by atoms with van der Waals surface area (Å²) >= 11 is 3.67. The van der Waals surface area contributed by atoms with Gasteiger partial charge in [-0.05, 0) is 12.2 Å². The fourth-order valence-electron chi connectivity index (χ4n) is 3.11. The second-order valence-electron chi connectivity index (χ2n) is 5.25. The number of sulfone groups is 1. The Labute approximate surface area is 125 Å². The number of hydrogen-bond acceptors (Lipinski definition) is 6. The Kier molecular flexibility index (Phi) is 5.15. The van der Waals surface area contributed by atoms with Crippen LogP contribution in [0.15, 0.2) is 0 Å². The quantitative estimate of drug-likeness (QED) is 0.833. The minimum Gasteiger partial charge on any atom is -0.329 e. The first kappa shape index (κ1) is 15.9. The van der Waals surface area contributed by atoms with Crippen LogP contribution in [0.25, 0.3) is 0 Å². The molecular weight excluding hydrogens is 300 g/mol. The molecule has 2 rings (SSSR count). The highest BCUT2D eigenvalue weighted by Gasteiger charge is 2.50. The van der Waals surface area contributed by atoms with Crippen LogP contribution in [-0.4, -0.2) is 65.6 Å². The topological polar surface area (TPSA) is 63.4 Å². The van der Waals surface area contributed by atoms with Gasteiger partial charge in [-0.2, -0.15) is 23.5 Å². The maximum atomic E-state index is 12.4. The van der Waals surface area contributed by atoms with E-state index in [1.807, 2.05) is 11.8 Å². The summed E-state index contributed by atoms with van der Waals surface area (Å²) in [6.07, 6.45) is 1.01. The predicted octanol–water partition coefficient (Wildman–Crippen LogP) is 1.02. The molecule has 2 saturated heterocycles. The summed E-state index contributed by atoms with van der Waals surface area (Å²) in [5.41, 5.74) is 5.95. The van der Waals surface area contributed by atoms with Crippen LogP contribution >= 0.6 is 23.5 Å². The molecule has 0 aromatic rings. The molecule has 0 saturated carbocycles. The molecule has 2 aliphatic rings. The Morgan fingerprint density at radius 1 is 1.42 bits per heavy atom. The zero-order valence-electron chi connectivity index (χ0n) is 11.7. The van der Waals surface area contributed by atoms with Crippen LogP contribution in [0.5, 0.6) is 0 Å². The van der Waals surface area contributed by atoms with Gasteiger partial charge < -0.3 is 5.73 Å². The first-order chi connectivity index (χ1) is 8.98. The van der Waals surface area contributed by atoms with Gasteiger partial charge in [0.2, 0.25) is 0 Å². The van der Waals surface area contributed by atoms with Crippen molar-refractivity contribution in [3.05, 3.63) is 0 Å². The van der Waals surface area contributed by atoms with Crippen molar-refractivity contribution in [1.29, 1.82) is 0 Å². The number of thioether (sulfide) groups is 2. The van der Waals surface area contributed by atoms with Gasteiger partial charge in [0, 0.05) is 41.1 Å². The largest absolute Gasteiger partial charge is 0.329 e. The fraction of sp³-hybridized carbons (Fsp3) is 1.00. The van der Waals surface area contributed by atoms with Gasteiger partial charge >= 0.3 is 0 Å². The molecule has 0 bridgehead atoms. The summed E-state index contributed by atoms with van der Waals surface area (Å²) in [4.78, 5) is 2.23. The van der Waals surface area contributed by atoms with Crippen molar-refractivity contribution < 1.29 is 8.42 Å². The zero-order valence-corrected chi connectivity index (χ0v) is 14.1. The SMILES string of the molecule is CCS(=O)(=O)C1CSCCN1C1(CN)CCSC1C. The van der Waals surface area contributed by atoms with Crippen molar-refractivity contribution in [2.45, 2.75) is 36.4 Å². The van der Waals surface area contributed by atoms with Crippen molar-refractivity contribution in [3.63, 3.8) is 0 Å². The lowest BCUT2D eigenvalue weighted by atomic mass is 9.90. The van der Waals surface area contributed by atoms with E-state index in [0.717, 1.165) is 24.5 Å². The van der Waals surface area contributed by atoms with Crippen LogP contribution in [-0.2, 0) is 9.84 Å². The van der Waals surface area contributed by atoms with E-state index in [2.05, 4.69) is 11.8 Å². The van der Waals surface area contributed by atoms with Gasteiger partial charge in [0.1, 0.15) is 5.37 Å². The normalized spacial score (nSPS) is 37.6. The molecule has 7 heteroatoms. The van der Waals surface area contributed by atoms with Crippen LogP contribution in [0.1, 0.15) is 20.3 Å². The molecule has 0 aromatic carbocycles. The molecular formula is C12H24N2O2S3. The van der Waals surface area contributed by atoms with E-state index < -0.39 is 9.84 Å². The van der Waals surface area contributed by atoms with E-state index in [9.17, 15) is 8.42 Å². The Balaban J connectivity index is 2.34. The monoisotopic (exact) mass is 324 g/mol. The number of nitrogens with two attached hydrogens (primary N) is 1. The molecule has 0 amide bonds. The highest BCUT2D eigenvalue weighted by molar-refractivity contribution is 8.01. The lowest BCUT2D eigenvalue weighted by molar-refractivity contribution is 0.0929. The summed E-state index contributed by atoms with van der Waals surface area (Å²) in [5.74, 6) is 3.00. The maximum absolute atomic E-state index is 12.4. The molecule has 4 nitrogen and oxygen atoms in total. The van der Waals surface area contributed by atoms with Gasteiger partial charge in [0.15, 0.2) is 9.84 Å². The van der Waals surface area contributed by atoms with Crippen molar-refractivity contribution in [3.8, 4) is 0 Å². The molecule has 2 N–H and O–H groups in total. The summed E-state index contributed by atoms with van der Waals surface area (Å²) in [5, 5.41) is 0.0658. The van der Waals surface area contributed by atoms with Gasteiger partial charge in [-0.25, -0.2) is 8.42 Å². The molecule has 3 unspecified atom stereocenters. The first-order valence-corrected chi connectivity index (χ1v) is 10.8. The summed E-state index contributed by atoms with van der Waals surface area (Å²) in [6, 6.07) is 0. The van der Waals surface area contributed by atoms with E-state index in [1.165, 1.54) is 0 Å². The highest BCUT2D eigenvalue weighted by Crippen LogP contribution is 2.42. The Morgan fingerprint density at radius 2 is 2.16 bits per heavy atom. The van der Waals surface area contributed by atoms with Crippen LogP contribution in [0.3, 0.4) is 0 Å². The molecule has 2 heterocycles. The third-order valence-electron chi connectivity index (χ3n) is 4.49. The van der Waals surface area contributed by atoms with Gasteiger partial charge in [-0.3, -0.25) is 4.90 Å². The van der Waals surface area contributed by atoms with Gasteiger partial charge in [-0.1, -0.05) is 13.8 Å². The lowest BCUT2D eigenvalue weighted by Gasteiger charge is -2.48. The average Bonchev–Trinajstić information content (AvgIpc) is 2.81. The van der Waals surface area contributed by atoms with Crippen molar-refractivity contribution in [2.75, 3.05) is 36.1 Å². The summed E-state index contributed by atoms with van der Waals surface area (Å²) < 4.78 is 24.8. The standard InChI is InChI=1S/C12H24N2O2S3/c1-3-19(15,16)11-8-17-7-5-14(11)12(9-13)4-6-18-10(12)2/h10-11H,3-9,13H2,1-2H3. The van der Waals surface area contributed by atoms with E-state index in [0.29, 0.717) is 17.5 Å². The minimum absolute atomic E-state index is 0.126. The van der Waals surface area contributed by atoms with Gasteiger partial charge in [0.05, 0.1) is 0 Å². The van der Waals surface area contributed by atoms with Crippen molar-refractivity contribution in [2.24, 2.45) is 5.73 Å². The van der Waals surface area contributed by atoms with Crippen LogP contribution in [0, 0.1) is 0 Å². The third kappa shape index (κ3) is 2.81. The predicted molar refractivity (Wildman–Crippen MR) is 85.6 cm³/mol. The molecule has 0 spiro atoms. The van der Waals surface area contributed by atoms with E-state index in [-0.39, 0.29) is 16.7 Å². The molecule has 2 aliphatic heterocycles. The molecule has 0 aromatic heterocycles. The highest BCUT2D eigenvalue weighted by atomic mass is 32.2. The maximum Gasteiger partial charge on any atom is 0.166 e. The van der Waals surface area contributed by atoms with E-state index in [4.69, 9.17) is 5.73 Å². The zero-order chi connectivity index (χ0) is 14.1. The molecule has 3 atom stereocenters. The van der Waals surface area contributed by atoms with Crippen LogP contribution in [0.4, 0.5) is 0 Å². The Morgan fingerprint density at radius 3 is 2.68 bits per heavy atom. The van der Waals surface area contributed by atoms with E-state index in [1.54, 1.807) is 18.7 Å². The number of hydrogen-bond donors (Lipinski definition) is 1. The first-order valence-electron chi connectivity index (χ1n) is 6.85. The van der Waals surface area contributed by atoms with Crippen molar-refractivity contribution >= 4 is 33.4 Å². The molecule has 0 radical (unpaired) electrons. The second-order valence-corrected chi connectivity index (χ2v) is 10.3. The number of rotatable bonds is 4. The minimum atomic E-state index is -3.04. The summed E-state index contributed by atoms with van der Waals surface area (Å²) in [7, 11) is -3.04. The smallest absolute Gasteiger partial charge is 0.166 e. The average molecular weight is 325 g/mol. The molecule has 2 fully saturated rings. The molecule has 112 valence electrons. The van der Waals surface area contributed by atoms with Crippen LogP contribution < -0.4 is 5.73 Å². The van der Waals surface area contributed by atoms with Gasteiger partial charge in [-0.15, -0.1) is 0 Å². The fourth-order valence-corrected chi connectivity index (χ4v) is 7.68. The third-order valence-corrected chi connectivity index (χ3v) is 9.15. The lowest BCUT2D eigenvalue weighted by Crippen LogP contribution is -2.65. The Bertz CT molecular complexity index is 415. The second kappa shape index (κ2) is 6.13. The van der Waals surface area contributed by atoms with Crippen LogP contribution in [0.2, 0.25) is 0 Å². The van der Waals surface area contributed by atoms with E-state index >= 15 is 0 Å². The van der Waals surface area contributed by atoms with Crippen molar-refractivity contribution in [1.82, 2.24) is 4.90 Å². The molecule has 0 aliphatic carbocycles. The Hall–Kier alpha value is 0.570. The van der Waals surface area contributed by atoms with Gasteiger partial charge in [0.25, 0.3) is 0 Å². The molecule has 19 heavy (non-hydrogen) atoms.